The van der Waals surface area contributed by atoms with E-state index in [2.05, 4.69) is 32.2 Å². The van der Waals surface area contributed by atoms with Gasteiger partial charge in [0.05, 0.1) is 31.9 Å². The fraction of sp³-hybridized carbons (Fsp3) is 0.440. The number of methoxy groups -OCH3 is 2. The Labute approximate surface area is 184 Å². The Kier molecular flexibility index (Phi) is 6.87. The van der Waals surface area contributed by atoms with E-state index < -0.39 is 0 Å². The summed E-state index contributed by atoms with van der Waals surface area (Å²) in [6.45, 7) is 7.95. The molecule has 0 bridgehead atoms. The number of nitriles is 1. The average Bonchev–Trinajstić information content (AvgIpc) is 2.76. The summed E-state index contributed by atoms with van der Waals surface area (Å²) in [4.78, 5) is 15.5. The van der Waals surface area contributed by atoms with Gasteiger partial charge in [-0.1, -0.05) is 32.9 Å². The van der Waals surface area contributed by atoms with E-state index in [1.54, 1.807) is 20.3 Å². The van der Waals surface area contributed by atoms with Gasteiger partial charge in [0.25, 0.3) is 0 Å². The van der Waals surface area contributed by atoms with E-state index in [0.29, 0.717) is 30.9 Å². The quantitative estimate of drug-likeness (QED) is 0.770. The molecular weight excluding hydrogens is 390 g/mol. The average molecular weight is 422 g/mol. The standard InChI is InChI=1S/C25H31N3O3/c1-25(2,3)23(27-15-18-8-6-7-17(11-18)14-26)24(29)28-10-9-19-12-21(30-4)22(31-5)13-20(19)16-28/h6-8,11-13,23,27H,9-10,15-16H2,1-5H3/t23-/m1/s1. The molecule has 1 aliphatic heterocycles. The van der Waals surface area contributed by atoms with Gasteiger partial charge in [0.15, 0.2) is 11.5 Å². The first-order chi connectivity index (χ1) is 14.8. The summed E-state index contributed by atoms with van der Waals surface area (Å²) in [7, 11) is 3.26. The number of fused-ring (bicyclic) bond motifs is 1. The number of rotatable bonds is 6. The molecule has 1 N–H and O–H groups in total. The summed E-state index contributed by atoms with van der Waals surface area (Å²) in [5.41, 5.74) is 3.63. The van der Waals surface area contributed by atoms with Crippen LogP contribution >= 0.6 is 0 Å². The summed E-state index contributed by atoms with van der Waals surface area (Å²) >= 11 is 0. The lowest BCUT2D eigenvalue weighted by Gasteiger charge is -2.37. The molecule has 164 valence electrons. The highest BCUT2D eigenvalue weighted by Gasteiger charge is 2.35. The van der Waals surface area contributed by atoms with Gasteiger partial charge in [-0.05, 0) is 52.8 Å². The zero-order valence-electron chi connectivity index (χ0n) is 19.0. The Balaban J connectivity index is 1.77. The van der Waals surface area contributed by atoms with Gasteiger partial charge in [-0.25, -0.2) is 0 Å². The first kappa shape index (κ1) is 22.6. The topological polar surface area (TPSA) is 74.6 Å². The van der Waals surface area contributed by atoms with Gasteiger partial charge < -0.3 is 19.7 Å². The van der Waals surface area contributed by atoms with Crippen LogP contribution in [0.1, 0.15) is 43.0 Å². The second kappa shape index (κ2) is 9.40. The summed E-state index contributed by atoms with van der Waals surface area (Å²) in [5, 5.41) is 12.6. The Morgan fingerprint density at radius 1 is 1.16 bits per heavy atom. The van der Waals surface area contributed by atoms with Crippen LogP contribution in [0.5, 0.6) is 11.5 Å². The van der Waals surface area contributed by atoms with Crippen molar-refractivity contribution in [2.24, 2.45) is 5.41 Å². The van der Waals surface area contributed by atoms with Crippen molar-refractivity contribution in [1.82, 2.24) is 10.2 Å². The molecule has 0 fully saturated rings. The molecule has 0 unspecified atom stereocenters. The molecule has 0 radical (unpaired) electrons. The number of hydrogen-bond acceptors (Lipinski definition) is 5. The second-order valence-electron chi connectivity index (χ2n) is 8.98. The molecule has 1 aliphatic rings. The molecule has 6 nitrogen and oxygen atoms in total. The van der Waals surface area contributed by atoms with Crippen LogP contribution in [0.3, 0.4) is 0 Å². The predicted molar refractivity (Wildman–Crippen MR) is 120 cm³/mol. The fourth-order valence-corrected chi connectivity index (χ4v) is 3.99. The van der Waals surface area contributed by atoms with Gasteiger partial charge in [0, 0.05) is 19.6 Å². The molecule has 0 saturated heterocycles. The van der Waals surface area contributed by atoms with Crippen LogP contribution in [-0.2, 0) is 24.3 Å². The third-order valence-electron chi connectivity index (χ3n) is 5.71. The van der Waals surface area contributed by atoms with Crippen molar-refractivity contribution < 1.29 is 14.3 Å². The summed E-state index contributed by atoms with van der Waals surface area (Å²) < 4.78 is 10.9. The van der Waals surface area contributed by atoms with Gasteiger partial charge >= 0.3 is 0 Å². The fourth-order valence-electron chi connectivity index (χ4n) is 3.99. The molecule has 2 aromatic carbocycles. The van der Waals surface area contributed by atoms with E-state index in [1.807, 2.05) is 35.2 Å². The third kappa shape index (κ3) is 5.18. The summed E-state index contributed by atoms with van der Waals surface area (Å²) in [6, 6.07) is 13.3. The number of ether oxygens (including phenoxy) is 2. The molecule has 0 aromatic heterocycles. The minimum absolute atomic E-state index is 0.0874. The minimum atomic E-state index is -0.347. The van der Waals surface area contributed by atoms with Crippen LogP contribution in [-0.4, -0.2) is 37.6 Å². The number of carbonyl (C=O) groups is 1. The van der Waals surface area contributed by atoms with Crippen molar-refractivity contribution in [1.29, 1.82) is 5.26 Å². The Hall–Kier alpha value is -3.04. The first-order valence-electron chi connectivity index (χ1n) is 10.5. The lowest BCUT2D eigenvalue weighted by Crippen LogP contribution is -2.53. The van der Waals surface area contributed by atoms with E-state index in [9.17, 15) is 4.79 Å². The van der Waals surface area contributed by atoms with Crippen molar-refractivity contribution in [2.75, 3.05) is 20.8 Å². The Morgan fingerprint density at radius 2 is 1.84 bits per heavy atom. The second-order valence-corrected chi connectivity index (χ2v) is 8.98. The number of benzene rings is 2. The number of nitrogens with zero attached hydrogens (tertiary/aromatic N) is 2. The lowest BCUT2D eigenvalue weighted by atomic mass is 9.85. The monoisotopic (exact) mass is 421 g/mol. The maximum Gasteiger partial charge on any atom is 0.240 e. The van der Waals surface area contributed by atoms with Crippen LogP contribution in [0, 0.1) is 16.7 Å². The summed E-state index contributed by atoms with van der Waals surface area (Å²) in [5.74, 6) is 1.48. The van der Waals surface area contributed by atoms with E-state index >= 15 is 0 Å². The highest BCUT2D eigenvalue weighted by Crippen LogP contribution is 2.34. The predicted octanol–water partition coefficient (Wildman–Crippen LogP) is 3.66. The maximum absolute atomic E-state index is 13.5. The van der Waals surface area contributed by atoms with Gasteiger partial charge in [-0.15, -0.1) is 0 Å². The zero-order valence-corrected chi connectivity index (χ0v) is 19.0. The van der Waals surface area contributed by atoms with Crippen LogP contribution in [0.2, 0.25) is 0 Å². The van der Waals surface area contributed by atoms with Crippen LogP contribution in [0.25, 0.3) is 0 Å². The molecular formula is C25H31N3O3. The summed E-state index contributed by atoms with van der Waals surface area (Å²) in [6.07, 6.45) is 0.780. The third-order valence-corrected chi connectivity index (χ3v) is 5.71. The van der Waals surface area contributed by atoms with Gasteiger partial charge in [-0.2, -0.15) is 5.26 Å². The van der Waals surface area contributed by atoms with Crippen LogP contribution in [0.15, 0.2) is 36.4 Å². The highest BCUT2D eigenvalue weighted by atomic mass is 16.5. The Morgan fingerprint density at radius 3 is 2.45 bits per heavy atom. The first-order valence-corrected chi connectivity index (χ1v) is 10.5. The van der Waals surface area contributed by atoms with E-state index in [1.165, 1.54) is 5.56 Å². The molecule has 1 atom stereocenters. The molecule has 31 heavy (non-hydrogen) atoms. The van der Waals surface area contributed by atoms with Crippen LogP contribution in [0.4, 0.5) is 0 Å². The molecule has 2 aromatic rings. The zero-order chi connectivity index (χ0) is 22.6. The maximum atomic E-state index is 13.5. The van der Waals surface area contributed by atoms with Gasteiger partial charge in [0.1, 0.15) is 0 Å². The van der Waals surface area contributed by atoms with Crippen molar-refractivity contribution in [3.63, 3.8) is 0 Å². The van der Waals surface area contributed by atoms with Gasteiger partial charge in [0.2, 0.25) is 5.91 Å². The molecule has 1 amide bonds. The molecule has 0 spiro atoms. The lowest BCUT2D eigenvalue weighted by molar-refractivity contribution is -0.137. The molecule has 3 rings (SSSR count). The largest absolute Gasteiger partial charge is 0.493 e. The Bertz CT molecular complexity index is 988. The molecule has 1 heterocycles. The van der Waals surface area contributed by atoms with Gasteiger partial charge in [-0.3, -0.25) is 4.79 Å². The van der Waals surface area contributed by atoms with Crippen molar-refractivity contribution in [2.45, 2.75) is 46.3 Å². The molecule has 6 heteroatoms. The molecule has 0 aliphatic carbocycles. The van der Waals surface area contributed by atoms with Crippen molar-refractivity contribution in [3.8, 4) is 17.6 Å². The van der Waals surface area contributed by atoms with Crippen molar-refractivity contribution in [3.05, 3.63) is 58.7 Å². The number of amides is 1. The van der Waals surface area contributed by atoms with E-state index in [4.69, 9.17) is 14.7 Å². The smallest absolute Gasteiger partial charge is 0.240 e. The van der Waals surface area contributed by atoms with E-state index in [0.717, 1.165) is 23.3 Å². The number of hydrogen-bond donors (Lipinski definition) is 1. The number of carbonyl (C=O) groups excluding carboxylic acids is 1. The SMILES string of the molecule is COc1cc2c(cc1OC)CN(C(=O)[C@@H](NCc1cccc(C#N)c1)C(C)(C)C)CC2. The van der Waals surface area contributed by atoms with Crippen molar-refractivity contribution >= 4 is 5.91 Å². The normalized spacial score (nSPS) is 14.4. The molecule has 0 saturated carbocycles. The van der Waals surface area contributed by atoms with E-state index in [-0.39, 0.29) is 17.4 Å². The minimum Gasteiger partial charge on any atom is -0.493 e. The highest BCUT2D eigenvalue weighted by molar-refractivity contribution is 5.83. The number of nitrogens with one attached hydrogen (secondary N) is 1. The van der Waals surface area contributed by atoms with Crippen LogP contribution < -0.4 is 14.8 Å².